The number of hydrogen-bond donors (Lipinski definition) is 2. The quantitative estimate of drug-likeness (QED) is 0.376. The van der Waals surface area contributed by atoms with E-state index in [0.29, 0.717) is 6.54 Å². The molecule has 1 amide bonds. The summed E-state index contributed by atoms with van der Waals surface area (Å²) in [7, 11) is 0. The van der Waals surface area contributed by atoms with Crippen molar-refractivity contribution in [3.05, 3.63) is 30.1 Å². The molecule has 1 aromatic heterocycles. The summed E-state index contributed by atoms with van der Waals surface area (Å²) in [6, 6.07) is 5.85. The molecule has 1 saturated heterocycles. The number of aliphatic imine (C=N–C) groups is 1. The molecule has 1 aliphatic heterocycles. The highest BCUT2D eigenvalue weighted by Crippen LogP contribution is 2.01. The maximum atomic E-state index is 11.3. The van der Waals surface area contributed by atoms with Crippen LogP contribution >= 0.6 is 24.0 Å². The van der Waals surface area contributed by atoms with Gasteiger partial charge in [0.2, 0.25) is 5.91 Å². The Hall–Kier alpha value is -1.42. The third-order valence-electron chi connectivity index (χ3n) is 4.01. The van der Waals surface area contributed by atoms with Crippen LogP contribution in [-0.4, -0.2) is 72.5 Å². The second-order valence-electron chi connectivity index (χ2n) is 5.79. The minimum atomic E-state index is 0. The van der Waals surface area contributed by atoms with Crippen molar-refractivity contribution in [3.8, 4) is 0 Å². The van der Waals surface area contributed by atoms with Crippen LogP contribution in [0.4, 0.5) is 0 Å². The Morgan fingerprint density at radius 3 is 2.60 bits per heavy atom. The van der Waals surface area contributed by atoms with Crippen molar-refractivity contribution in [1.29, 1.82) is 0 Å². The fraction of sp³-hybridized carbons (Fsp3) is 0.588. The number of guanidine groups is 1. The molecule has 0 radical (unpaired) electrons. The number of pyridine rings is 1. The summed E-state index contributed by atoms with van der Waals surface area (Å²) in [5.41, 5.74) is 0.954. The first kappa shape index (κ1) is 21.6. The van der Waals surface area contributed by atoms with Crippen LogP contribution in [0.3, 0.4) is 0 Å². The molecule has 0 unspecified atom stereocenters. The molecule has 2 rings (SSSR count). The Morgan fingerprint density at radius 2 is 2.00 bits per heavy atom. The molecule has 1 aromatic rings. The zero-order valence-corrected chi connectivity index (χ0v) is 17.4. The van der Waals surface area contributed by atoms with E-state index in [1.54, 1.807) is 13.1 Å². The molecule has 2 N–H and O–H groups in total. The lowest BCUT2D eigenvalue weighted by atomic mass is 10.3. The number of carbonyl (C=O) groups excluding carboxylic acids is 1. The number of nitrogens with one attached hydrogen (secondary N) is 2. The van der Waals surface area contributed by atoms with Gasteiger partial charge in [-0.05, 0) is 19.1 Å². The fourth-order valence-electron chi connectivity index (χ4n) is 2.61. The van der Waals surface area contributed by atoms with E-state index in [2.05, 4.69) is 32.4 Å². The van der Waals surface area contributed by atoms with Gasteiger partial charge in [-0.2, -0.15) is 0 Å². The Labute approximate surface area is 167 Å². The summed E-state index contributed by atoms with van der Waals surface area (Å²) in [5, 5.41) is 6.61. The first-order valence-corrected chi connectivity index (χ1v) is 8.59. The van der Waals surface area contributed by atoms with Crippen LogP contribution < -0.4 is 10.6 Å². The van der Waals surface area contributed by atoms with E-state index in [1.165, 1.54) is 0 Å². The average molecular weight is 460 g/mol. The van der Waals surface area contributed by atoms with Gasteiger partial charge in [0, 0.05) is 58.9 Å². The zero-order valence-electron chi connectivity index (χ0n) is 15.1. The van der Waals surface area contributed by atoms with E-state index in [4.69, 9.17) is 0 Å². The highest BCUT2D eigenvalue weighted by Gasteiger charge is 2.17. The first-order valence-electron chi connectivity index (χ1n) is 8.59. The van der Waals surface area contributed by atoms with Crippen LogP contribution in [0.25, 0.3) is 0 Å². The molecule has 0 atom stereocenters. The lowest BCUT2D eigenvalue weighted by molar-refractivity contribution is -0.130. The van der Waals surface area contributed by atoms with E-state index in [1.807, 2.05) is 23.1 Å². The van der Waals surface area contributed by atoms with Crippen molar-refractivity contribution in [3.63, 3.8) is 0 Å². The fourth-order valence-corrected chi connectivity index (χ4v) is 2.61. The highest BCUT2D eigenvalue weighted by atomic mass is 127. The van der Waals surface area contributed by atoms with Crippen molar-refractivity contribution in [2.24, 2.45) is 4.99 Å². The molecule has 0 saturated carbocycles. The third-order valence-corrected chi connectivity index (χ3v) is 4.01. The van der Waals surface area contributed by atoms with E-state index >= 15 is 0 Å². The molecule has 0 spiro atoms. The van der Waals surface area contributed by atoms with Gasteiger partial charge in [0.25, 0.3) is 0 Å². The van der Waals surface area contributed by atoms with Crippen molar-refractivity contribution < 1.29 is 4.79 Å². The topological polar surface area (TPSA) is 72.9 Å². The number of nitrogens with zero attached hydrogens (tertiary/aromatic N) is 4. The van der Waals surface area contributed by atoms with Gasteiger partial charge in [-0.25, -0.2) is 4.99 Å². The molecule has 0 aliphatic carbocycles. The zero-order chi connectivity index (χ0) is 17.2. The van der Waals surface area contributed by atoms with Crippen molar-refractivity contribution >= 4 is 35.8 Å². The Kier molecular flexibility index (Phi) is 10.4. The average Bonchev–Trinajstić information content (AvgIpc) is 2.61. The summed E-state index contributed by atoms with van der Waals surface area (Å²) >= 11 is 0. The molecule has 140 valence electrons. The third kappa shape index (κ3) is 8.00. The van der Waals surface area contributed by atoms with Gasteiger partial charge in [-0.1, -0.05) is 6.07 Å². The molecule has 1 fully saturated rings. The standard InChI is InChI=1S/C17H28N6O.HI/c1-3-18-17(21-14-16-6-4-5-7-19-16)20-8-9-22-10-12-23(13-11-22)15(2)24;/h4-7H,3,8-14H2,1-2H3,(H2,18,20,21);1H. The SMILES string of the molecule is CCNC(=NCc1ccccn1)NCCN1CCN(C(C)=O)CC1.I. The molecular weight excluding hydrogens is 431 g/mol. The summed E-state index contributed by atoms with van der Waals surface area (Å²) in [6.07, 6.45) is 1.78. The summed E-state index contributed by atoms with van der Waals surface area (Å²) in [4.78, 5) is 24.5. The number of carbonyl (C=O) groups is 1. The monoisotopic (exact) mass is 460 g/mol. The Bertz CT molecular complexity index is 531. The number of halogens is 1. The number of piperazine rings is 1. The summed E-state index contributed by atoms with van der Waals surface area (Å²) in [6.45, 7) is 10.4. The molecule has 7 nitrogen and oxygen atoms in total. The second-order valence-corrected chi connectivity index (χ2v) is 5.79. The van der Waals surface area contributed by atoms with Gasteiger partial charge in [0.1, 0.15) is 0 Å². The summed E-state index contributed by atoms with van der Waals surface area (Å²) in [5.74, 6) is 0.981. The van der Waals surface area contributed by atoms with Gasteiger partial charge in [0.05, 0.1) is 12.2 Å². The maximum Gasteiger partial charge on any atom is 0.219 e. The smallest absolute Gasteiger partial charge is 0.219 e. The van der Waals surface area contributed by atoms with Crippen molar-refractivity contribution in [1.82, 2.24) is 25.4 Å². The molecule has 1 aliphatic rings. The van der Waals surface area contributed by atoms with Crippen LogP contribution in [0.2, 0.25) is 0 Å². The lowest BCUT2D eigenvalue weighted by Crippen LogP contribution is -2.50. The normalized spacial score (nSPS) is 15.4. The number of amides is 1. The van der Waals surface area contributed by atoms with Crippen LogP contribution in [0.1, 0.15) is 19.5 Å². The molecule has 2 heterocycles. The van der Waals surface area contributed by atoms with Gasteiger partial charge >= 0.3 is 0 Å². The van der Waals surface area contributed by atoms with E-state index in [0.717, 1.165) is 57.5 Å². The molecule has 25 heavy (non-hydrogen) atoms. The van der Waals surface area contributed by atoms with Gasteiger partial charge in [0.15, 0.2) is 5.96 Å². The largest absolute Gasteiger partial charge is 0.357 e. The van der Waals surface area contributed by atoms with Gasteiger partial charge in [-0.15, -0.1) is 24.0 Å². The Morgan fingerprint density at radius 1 is 1.24 bits per heavy atom. The molecule has 0 bridgehead atoms. The van der Waals surface area contributed by atoms with Gasteiger partial charge < -0.3 is 15.5 Å². The van der Waals surface area contributed by atoms with Crippen LogP contribution in [-0.2, 0) is 11.3 Å². The predicted molar refractivity (Wildman–Crippen MR) is 111 cm³/mol. The Balaban J connectivity index is 0.00000312. The van der Waals surface area contributed by atoms with Crippen LogP contribution in [0.15, 0.2) is 29.4 Å². The first-order chi connectivity index (χ1) is 11.7. The number of rotatable bonds is 6. The summed E-state index contributed by atoms with van der Waals surface area (Å²) < 4.78 is 0. The van der Waals surface area contributed by atoms with E-state index < -0.39 is 0 Å². The minimum Gasteiger partial charge on any atom is -0.357 e. The highest BCUT2D eigenvalue weighted by molar-refractivity contribution is 14.0. The van der Waals surface area contributed by atoms with Crippen molar-refractivity contribution in [2.75, 3.05) is 45.8 Å². The number of hydrogen-bond acceptors (Lipinski definition) is 4. The lowest BCUT2D eigenvalue weighted by Gasteiger charge is -2.34. The van der Waals surface area contributed by atoms with Gasteiger partial charge in [-0.3, -0.25) is 14.7 Å². The molecule has 0 aromatic carbocycles. The molecule has 8 heteroatoms. The molecular formula is C17H29IN6O. The van der Waals surface area contributed by atoms with Crippen LogP contribution in [0, 0.1) is 0 Å². The van der Waals surface area contributed by atoms with E-state index in [-0.39, 0.29) is 29.9 Å². The minimum absolute atomic E-state index is 0. The van der Waals surface area contributed by atoms with Crippen molar-refractivity contribution in [2.45, 2.75) is 20.4 Å². The van der Waals surface area contributed by atoms with Crippen LogP contribution in [0.5, 0.6) is 0 Å². The van der Waals surface area contributed by atoms with E-state index in [9.17, 15) is 4.79 Å². The second kappa shape index (κ2) is 12.0. The maximum absolute atomic E-state index is 11.3. The predicted octanol–water partition coefficient (Wildman–Crippen LogP) is 0.919. The number of aromatic nitrogens is 1.